The fourth-order valence-electron chi connectivity index (χ4n) is 4.51. The van der Waals surface area contributed by atoms with Crippen LogP contribution in [-0.2, 0) is 6.61 Å². The summed E-state index contributed by atoms with van der Waals surface area (Å²) in [7, 11) is 0. The van der Waals surface area contributed by atoms with Crippen LogP contribution in [0.5, 0.6) is 5.75 Å². The van der Waals surface area contributed by atoms with E-state index in [-0.39, 0.29) is 0 Å². The molecule has 170 valence electrons. The lowest BCUT2D eigenvalue weighted by molar-refractivity contribution is 0.306. The Morgan fingerprint density at radius 1 is 0.971 bits per heavy atom. The number of anilines is 1. The van der Waals surface area contributed by atoms with Gasteiger partial charge in [-0.15, -0.1) is 0 Å². The topological polar surface area (TPSA) is 82.1 Å². The monoisotopic (exact) mass is 450 g/mol. The van der Waals surface area contributed by atoms with Crippen LogP contribution < -0.4 is 15.4 Å². The van der Waals surface area contributed by atoms with Crippen LogP contribution in [0.4, 0.5) is 5.69 Å². The van der Waals surface area contributed by atoms with E-state index in [1.807, 2.05) is 53.5 Å². The van der Waals surface area contributed by atoms with Gasteiger partial charge in [-0.25, -0.2) is 9.97 Å². The van der Waals surface area contributed by atoms with Crippen molar-refractivity contribution in [2.75, 3.05) is 18.0 Å². The second kappa shape index (κ2) is 8.76. The molecule has 0 unspecified atom stereocenters. The number of pyridine rings is 2. The summed E-state index contributed by atoms with van der Waals surface area (Å²) < 4.78 is 7.94. The third-order valence-electron chi connectivity index (χ3n) is 6.46. The highest BCUT2D eigenvalue weighted by atomic mass is 16.5. The number of aromatic nitrogens is 4. The van der Waals surface area contributed by atoms with Gasteiger partial charge in [0, 0.05) is 54.2 Å². The van der Waals surface area contributed by atoms with E-state index in [1.165, 1.54) is 5.69 Å². The molecule has 1 fully saturated rings. The Morgan fingerprint density at radius 3 is 2.74 bits per heavy atom. The average Bonchev–Trinajstić information content (AvgIpc) is 3.31. The van der Waals surface area contributed by atoms with Crippen LogP contribution in [0.15, 0.2) is 79.4 Å². The van der Waals surface area contributed by atoms with Crippen LogP contribution in [0, 0.1) is 0 Å². The van der Waals surface area contributed by atoms with E-state index >= 15 is 0 Å². The van der Waals surface area contributed by atoms with Crippen LogP contribution in [0.1, 0.15) is 18.4 Å². The average molecular weight is 451 g/mol. The van der Waals surface area contributed by atoms with Gasteiger partial charge in [-0.05, 0) is 61.4 Å². The Bertz CT molecular complexity index is 1440. The molecule has 34 heavy (non-hydrogen) atoms. The minimum atomic E-state index is 0.328. The van der Waals surface area contributed by atoms with Crippen LogP contribution in [0.3, 0.4) is 0 Å². The third-order valence-corrected chi connectivity index (χ3v) is 6.46. The van der Waals surface area contributed by atoms with E-state index in [0.717, 1.165) is 65.0 Å². The van der Waals surface area contributed by atoms with Crippen LogP contribution in [0.25, 0.3) is 27.8 Å². The van der Waals surface area contributed by atoms with Crippen molar-refractivity contribution < 1.29 is 4.74 Å². The minimum absolute atomic E-state index is 0.328. The highest BCUT2D eigenvalue weighted by Gasteiger charge is 2.17. The molecule has 0 aliphatic carbocycles. The van der Waals surface area contributed by atoms with E-state index in [0.29, 0.717) is 12.6 Å². The summed E-state index contributed by atoms with van der Waals surface area (Å²) >= 11 is 0. The van der Waals surface area contributed by atoms with Crippen LogP contribution in [-0.4, -0.2) is 38.7 Å². The number of imidazole rings is 1. The van der Waals surface area contributed by atoms with Gasteiger partial charge in [0.25, 0.3) is 0 Å². The van der Waals surface area contributed by atoms with E-state index < -0.39 is 0 Å². The highest BCUT2D eigenvalue weighted by Crippen LogP contribution is 2.27. The summed E-state index contributed by atoms with van der Waals surface area (Å²) in [6, 6.07) is 20.9. The molecule has 2 aromatic carbocycles. The highest BCUT2D eigenvalue weighted by molar-refractivity contribution is 5.84. The Morgan fingerprint density at radius 2 is 1.88 bits per heavy atom. The van der Waals surface area contributed by atoms with Gasteiger partial charge in [0.1, 0.15) is 24.5 Å². The van der Waals surface area contributed by atoms with Crippen LogP contribution >= 0.6 is 0 Å². The maximum absolute atomic E-state index is 6.06. The van der Waals surface area contributed by atoms with Crippen molar-refractivity contribution in [2.24, 2.45) is 5.73 Å². The summed E-state index contributed by atoms with van der Waals surface area (Å²) in [5.41, 5.74) is 11.1. The van der Waals surface area contributed by atoms with Gasteiger partial charge in [-0.1, -0.05) is 6.07 Å². The lowest BCUT2D eigenvalue weighted by Crippen LogP contribution is -2.39. The predicted molar refractivity (Wildman–Crippen MR) is 134 cm³/mol. The molecule has 0 amide bonds. The number of hydrogen-bond acceptors (Lipinski definition) is 6. The molecule has 0 saturated carbocycles. The van der Waals surface area contributed by atoms with Crippen molar-refractivity contribution in [3.05, 3.63) is 84.9 Å². The first-order chi connectivity index (χ1) is 16.7. The van der Waals surface area contributed by atoms with E-state index in [1.54, 1.807) is 6.20 Å². The molecule has 6 rings (SSSR count). The predicted octanol–water partition coefficient (Wildman–Crippen LogP) is 4.48. The fraction of sp³-hybridized carbons (Fsp3) is 0.222. The fourth-order valence-corrected chi connectivity index (χ4v) is 4.51. The first kappa shape index (κ1) is 20.6. The lowest BCUT2D eigenvalue weighted by atomic mass is 10.0. The first-order valence-electron chi connectivity index (χ1n) is 11.6. The van der Waals surface area contributed by atoms with Crippen molar-refractivity contribution in [1.82, 2.24) is 19.5 Å². The van der Waals surface area contributed by atoms with E-state index in [4.69, 9.17) is 15.5 Å². The SMILES string of the molecule is NC1CCN(c2ccc3nc(-n4cnc5cc(OCc6cccnc6)ccc54)ccc3c2)CC1. The van der Waals surface area contributed by atoms with Crippen LogP contribution in [0.2, 0.25) is 0 Å². The molecule has 5 aromatic rings. The molecular weight excluding hydrogens is 424 g/mol. The van der Waals surface area contributed by atoms with Gasteiger partial charge in [-0.3, -0.25) is 9.55 Å². The molecule has 1 aliphatic rings. The number of nitrogens with two attached hydrogens (primary N) is 1. The third kappa shape index (κ3) is 4.06. The summed E-state index contributed by atoms with van der Waals surface area (Å²) in [5.74, 6) is 1.62. The number of hydrogen-bond donors (Lipinski definition) is 1. The second-order valence-electron chi connectivity index (χ2n) is 8.79. The molecule has 7 heteroatoms. The maximum Gasteiger partial charge on any atom is 0.139 e. The minimum Gasteiger partial charge on any atom is -0.489 e. The van der Waals surface area contributed by atoms with Gasteiger partial charge in [0.05, 0.1) is 16.6 Å². The van der Waals surface area contributed by atoms with E-state index in [9.17, 15) is 0 Å². The van der Waals surface area contributed by atoms with Gasteiger partial charge < -0.3 is 15.4 Å². The van der Waals surface area contributed by atoms with Gasteiger partial charge in [0.15, 0.2) is 0 Å². The zero-order valence-electron chi connectivity index (χ0n) is 18.8. The number of ether oxygens (including phenoxy) is 1. The quantitative estimate of drug-likeness (QED) is 0.425. The zero-order chi connectivity index (χ0) is 22.9. The molecule has 1 saturated heterocycles. The smallest absolute Gasteiger partial charge is 0.139 e. The van der Waals surface area contributed by atoms with Crippen molar-refractivity contribution >= 4 is 27.6 Å². The number of piperidine rings is 1. The summed E-state index contributed by atoms with van der Waals surface area (Å²) in [5, 5.41) is 1.13. The van der Waals surface area contributed by atoms with Crippen molar-refractivity contribution in [1.29, 1.82) is 0 Å². The van der Waals surface area contributed by atoms with Crippen molar-refractivity contribution in [2.45, 2.75) is 25.5 Å². The molecule has 2 N–H and O–H groups in total. The number of nitrogens with zero attached hydrogens (tertiary/aromatic N) is 5. The van der Waals surface area contributed by atoms with Gasteiger partial charge >= 0.3 is 0 Å². The Kier molecular flexibility index (Phi) is 5.31. The molecule has 0 atom stereocenters. The first-order valence-corrected chi connectivity index (χ1v) is 11.6. The Balaban J connectivity index is 1.24. The second-order valence-corrected chi connectivity index (χ2v) is 8.79. The largest absolute Gasteiger partial charge is 0.489 e. The van der Waals surface area contributed by atoms with E-state index in [2.05, 4.69) is 39.1 Å². The molecule has 4 heterocycles. The zero-order valence-corrected chi connectivity index (χ0v) is 18.8. The number of benzene rings is 2. The normalized spacial score (nSPS) is 14.7. The molecule has 0 bridgehead atoms. The molecule has 0 spiro atoms. The van der Waals surface area contributed by atoms with Crippen molar-refractivity contribution in [3.8, 4) is 11.6 Å². The standard InChI is InChI=1S/C27H26N6O/c28-21-9-12-32(13-10-21)22-4-6-24-20(14-22)3-8-27(31-24)33-18-30-25-15-23(5-7-26(25)33)34-17-19-2-1-11-29-16-19/h1-8,11,14-16,18,21H,9-10,12-13,17,28H2. The summed E-state index contributed by atoms with van der Waals surface area (Å²) in [4.78, 5) is 16.0. The lowest BCUT2D eigenvalue weighted by Gasteiger charge is -2.32. The Hall–Kier alpha value is -3.97. The molecule has 0 radical (unpaired) electrons. The van der Waals surface area contributed by atoms with Crippen molar-refractivity contribution in [3.63, 3.8) is 0 Å². The Labute approximate surface area is 197 Å². The van der Waals surface area contributed by atoms with Gasteiger partial charge in [0.2, 0.25) is 0 Å². The number of fused-ring (bicyclic) bond motifs is 2. The summed E-state index contributed by atoms with van der Waals surface area (Å²) in [6.45, 7) is 2.48. The number of rotatable bonds is 5. The molecule has 3 aromatic heterocycles. The van der Waals surface area contributed by atoms with Gasteiger partial charge in [-0.2, -0.15) is 0 Å². The molecule has 1 aliphatic heterocycles. The molecular formula is C27H26N6O. The molecule has 7 nitrogen and oxygen atoms in total. The maximum atomic E-state index is 6.06. The summed E-state index contributed by atoms with van der Waals surface area (Å²) in [6.07, 6.45) is 7.46.